The number of nitrogens with zero attached hydrogens (tertiary/aromatic N) is 3. The van der Waals surface area contributed by atoms with Crippen LogP contribution in [0.5, 0.6) is 0 Å². The maximum absolute atomic E-state index is 12.2. The molecule has 0 saturated carbocycles. The lowest BCUT2D eigenvalue weighted by atomic mass is 10.2. The van der Waals surface area contributed by atoms with Crippen molar-refractivity contribution in [1.82, 2.24) is 14.3 Å². The van der Waals surface area contributed by atoms with Crippen LogP contribution in [0.2, 0.25) is 0 Å². The first-order valence-electron chi connectivity index (χ1n) is 5.21. The summed E-state index contributed by atoms with van der Waals surface area (Å²) in [5.41, 5.74) is 0.668. The van der Waals surface area contributed by atoms with Gasteiger partial charge in [0.1, 0.15) is 5.52 Å². The van der Waals surface area contributed by atoms with E-state index in [0.717, 1.165) is 16.4 Å². The summed E-state index contributed by atoms with van der Waals surface area (Å²) < 4.78 is 4.27. The fourth-order valence-corrected chi connectivity index (χ4v) is 2.33. The van der Waals surface area contributed by atoms with Crippen LogP contribution in [0, 0.1) is 5.92 Å². The SMILES string of the molecule is CC(C)Cn1cc(Br)c2cnn(C)c2c1=O. The Morgan fingerprint density at radius 2 is 2.19 bits per heavy atom. The maximum Gasteiger partial charge on any atom is 0.276 e. The van der Waals surface area contributed by atoms with E-state index in [-0.39, 0.29) is 5.56 Å². The highest BCUT2D eigenvalue weighted by atomic mass is 79.9. The van der Waals surface area contributed by atoms with Gasteiger partial charge in [0.2, 0.25) is 0 Å². The second-order valence-electron chi connectivity index (χ2n) is 4.36. The second kappa shape index (κ2) is 4.05. The fraction of sp³-hybridized carbons (Fsp3) is 0.455. The van der Waals surface area contributed by atoms with Gasteiger partial charge in [-0.25, -0.2) is 0 Å². The van der Waals surface area contributed by atoms with Crippen molar-refractivity contribution in [2.24, 2.45) is 13.0 Å². The lowest BCUT2D eigenvalue weighted by Gasteiger charge is -2.09. The van der Waals surface area contributed by atoms with Gasteiger partial charge in [0.05, 0.1) is 6.20 Å². The van der Waals surface area contributed by atoms with Crippen LogP contribution in [0.15, 0.2) is 21.7 Å². The van der Waals surface area contributed by atoms with Crippen molar-refractivity contribution < 1.29 is 0 Å². The maximum atomic E-state index is 12.2. The molecule has 5 heteroatoms. The van der Waals surface area contributed by atoms with Crippen molar-refractivity contribution in [1.29, 1.82) is 0 Å². The summed E-state index contributed by atoms with van der Waals surface area (Å²) >= 11 is 3.47. The summed E-state index contributed by atoms with van der Waals surface area (Å²) in [4.78, 5) is 12.2. The summed E-state index contributed by atoms with van der Waals surface area (Å²) in [5.74, 6) is 0.440. The van der Waals surface area contributed by atoms with Crippen molar-refractivity contribution in [3.63, 3.8) is 0 Å². The highest BCUT2D eigenvalue weighted by Gasteiger charge is 2.11. The Hall–Kier alpha value is -1.10. The lowest BCUT2D eigenvalue weighted by Crippen LogP contribution is -2.23. The summed E-state index contributed by atoms with van der Waals surface area (Å²) in [6.07, 6.45) is 3.55. The average molecular weight is 284 g/mol. The zero-order valence-electron chi connectivity index (χ0n) is 9.57. The molecule has 0 radical (unpaired) electrons. The fourth-order valence-electron chi connectivity index (χ4n) is 1.80. The van der Waals surface area contributed by atoms with Crippen LogP contribution in [-0.4, -0.2) is 14.3 Å². The Kier molecular flexibility index (Phi) is 2.88. The molecule has 2 aromatic rings. The first kappa shape index (κ1) is 11.4. The predicted molar refractivity (Wildman–Crippen MR) is 67.5 cm³/mol. The van der Waals surface area contributed by atoms with Crippen molar-refractivity contribution in [2.45, 2.75) is 20.4 Å². The van der Waals surface area contributed by atoms with E-state index in [2.05, 4.69) is 34.9 Å². The molecule has 0 unspecified atom stereocenters. The standard InChI is InChI=1S/C11H14BrN3O/c1-7(2)5-15-6-9(12)8-4-13-14(3)10(8)11(15)16/h4,6-7H,5H2,1-3H3. The number of aromatic nitrogens is 3. The summed E-state index contributed by atoms with van der Waals surface area (Å²) in [6.45, 7) is 4.90. The third kappa shape index (κ3) is 1.80. The predicted octanol–water partition coefficient (Wildman–Crippen LogP) is 2.15. The molecule has 0 atom stereocenters. The molecule has 4 nitrogen and oxygen atoms in total. The smallest absolute Gasteiger partial charge is 0.276 e. The number of halogens is 1. The lowest BCUT2D eigenvalue weighted by molar-refractivity contribution is 0.511. The third-order valence-electron chi connectivity index (χ3n) is 2.49. The van der Waals surface area contributed by atoms with Crippen molar-refractivity contribution in [3.05, 3.63) is 27.2 Å². The first-order valence-corrected chi connectivity index (χ1v) is 6.00. The molecule has 0 amide bonds. The summed E-state index contributed by atoms with van der Waals surface area (Å²) in [6, 6.07) is 0. The number of hydrogen-bond donors (Lipinski definition) is 0. The zero-order valence-corrected chi connectivity index (χ0v) is 11.2. The zero-order chi connectivity index (χ0) is 11.9. The van der Waals surface area contributed by atoms with E-state index >= 15 is 0 Å². The third-order valence-corrected chi connectivity index (χ3v) is 3.12. The van der Waals surface area contributed by atoms with Crippen LogP contribution in [-0.2, 0) is 13.6 Å². The molecular formula is C11H14BrN3O. The molecule has 2 rings (SSSR count). The van der Waals surface area contributed by atoms with Gasteiger partial charge in [0.15, 0.2) is 0 Å². The molecule has 0 saturated heterocycles. The number of hydrogen-bond acceptors (Lipinski definition) is 2. The van der Waals surface area contributed by atoms with E-state index in [1.807, 2.05) is 6.20 Å². The van der Waals surface area contributed by atoms with Crippen LogP contribution < -0.4 is 5.56 Å². The van der Waals surface area contributed by atoms with Gasteiger partial charge >= 0.3 is 0 Å². The van der Waals surface area contributed by atoms with E-state index in [9.17, 15) is 4.79 Å². The molecule has 0 aliphatic carbocycles. The normalized spacial score (nSPS) is 11.6. The molecule has 0 N–H and O–H groups in total. The topological polar surface area (TPSA) is 39.8 Å². The van der Waals surface area contributed by atoms with E-state index in [1.54, 1.807) is 22.5 Å². The molecule has 2 heterocycles. The monoisotopic (exact) mass is 283 g/mol. The van der Waals surface area contributed by atoms with Crippen LogP contribution in [0.25, 0.3) is 10.9 Å². The molecule has 0 aliphatic heterocycles. The first-order chi connectivity index (χ1) is 7.50. The van der Waals surface area contributed by atoms with E-state index in [1.165, 1.54) is 0 Å². The Morgan fingerprint density at radius 1 is 1.50 bits per heavy atom. The van der Waals surface area contributed by atoms with Gasteiger partial charge < -0.3 is 4.57 Å². The Labute approximate surface area is 102 Å². The van der Waals surface area contributed by atoms with Crippen LogP contribution in [0.4, 0.5) is 0 Å². The molecule has 0 spiro atoms. The number of fused-ring (bicyclic) bond motifs is 1. The van der Waals surface area contributed by atoms with E-state index < -0.39 is 0 Å². The van der Waals surface area contributed by atoms with Gasteiger partial charge in [-0.05, 0) is 21.8 Å². The molecule has 0 fully saturated rings. The van der Waals surface area contributed by atoms with E-state index in [4.69, 9.17) is 0 Å². The average Bonchev–Trinajstić information content (AvgIpc) is 2.56. The Morgan fingerprint density at radius 3 is 2.81 bits per heavy atom. The Balaban J connectivity index is 2.74. The summed E-state index contributed by atoms with van der Waals surface area (Å²) in [5, 5.41) is 4.98. The quantitative estimate of drug-likeness (QED) is 0.847. The van der Waals surface area contributed by atoms with Crippen LogP contribution in [0.3, 0.4) is 0 Å². The highest BCUT2D eigenvalue weighted by molar-refractivity contribution is 9.10. The molecule has 16 heavy (non-hydrogen) atoms. The minimum Gasteiger partial charge on any atom is -0.312 e. The highest BCUT2D eigenvalue weighted by Crippen LogP contribution is 2.20. The minimum atomic E-state index is 0.0203. The van der Waals surface area contributed by atoms with Gasteiger partial charge in [0.25, 0.3) is 5.56 Å². The van der Waals surface area contributed by atoms with E-state index in [0.29, 0.717) is 11.4 Å². The second-order valence-corrected chi connectivity index (χ2v) is 5.21. The van der Waals surface area contributed by atoms with Crippen molar-refractivity contribution >= 4 is 26.8 Å². The molecule has 86 valence electrons. The number of aryl methyl sites for hydroxylation is 1. The number of rotatable bonds is 2. The van der Waals surface area contributed by atoms with Gasteiger partial charge in [-0.2, -0.15) is 5.10 Å². The van der Waals surface area contributed by atoms with Gasteiger partial charge in [-0.1, -0.05) is 13.8 Å². The van der Waals surface area contributed by atoms with Crippen LogP contribution in [0.1, 0.15) is 13.8 Å². The van der Waals surface area contributed by atoms with Gasteiger partial charge in [0, 0.05) is 29.6 Å². The van der Waals surface area contributed by atoms with Gasteiger partial charge in [-0.3, -0.25) is 9.48 Å². The van der Waals surface area contributed by atoms with Gasteiger partial charge in [-0.15, -0.1) is 0 Å². The van der Waals surface area contributed by atoms with Crippen molar-refractivity contribution in [3.8, 4) is 0 Å². The number of pyridine rings is 1. The molecule has 0 bridgehead atoms. The molecule has 0 aromatic carbocycles. The molecular weight excluding hydrogens is 270 g/mol. The largest absolute Gasteiger partial charge is 0.312 e. The summed E-state index contributed by atoms with van der Waals surface area (Å²) in [7, 11) is 1.79. The molecule has 2 aromatic heterocycles. The van der Waals surface area contributed by atoms with Crippen molar-refractivity contribution in [2.75, 3.05) is 0 Å². The Bertz CT molecular complexity index is 583. The van der Waals surface area contributed by atoms with Crippen LogP contribution >= 0.6 is 15.9 Å². The molecule has 0 aliphatic rings. The minimum absolute atomic E-state index is 0.0203.